The van der Waals surface area contributed by atoms with Gasteiger partial charge in [0.1, 0.15) is 0 Å². The Balaban J connectivity index is 0. The fourth-order valence-corrected chi connectivity index (χ4v) is 0.838. The molecule has 0 amide bonds. The molecular formula is C12H20O5. The maximum absolute atomic E-state index is 9.64. The molecule has 0 heterocycles. The molecular weight excluding hydrogens is 224 g/mol. The summed E-state index contributed by atoms with van der Waals surface area (Å²) in [5.41, 5.74) is 1.41. The number of hydrogen-bond donors (Lipinski definition) is 4. The van der Waals surface area contributed by atoms with Gasteiger partial charge < -0.3 is 10.2 Å². The van der Waals surface area contributed by atoms with Crippen LogP contribution in [0.4, 0.5) is 0 Å². The Morgan fingerprint density at radius 3 is 1.59 bits per heavy atom. The number of carbonyl (C=O) groups is 1. The molecule has 0 aliphatic heterocycles. The summed E-state index contributed by atoms with van der Waals surface area (Å²) in [6, 6.07) is 10.5. The standard InChI is InChI=1S/C9H12.C3H6O3.H2O2/c1-8(2)9-6-4-3-5-7-9;1-2(4)3(5)6;1-2/h3-8H,1-2H3;3,5-6H,1H3;1-2H. The minimum atomic E-state index is -1.79. The van der Waals surface area contributed by atoms with Crippen molar-refractivity contribution in [2.24, 2.45) is 0 Å². The van der Waals surface area contributed by atoms with Gasteiger partial charge in [0.15, 0.2) is 5.78 Å². The lowest BCUT2D eigenvalue weighted by atomic mass is 10.0. The van der Waals surface area contributed by atoms with Gasteiger partial charge in [-0.2, -0.15) is 0 Å². The first kappa shape index (κ1) is 18.1. The fraction of sp³-hybridized carbons (Fsp3) is 0.417. The van der Waals surface area contributed by atoms with Gasteiger partial charge in [0.25, 0.3) is 0 Å². The third kappa shape index (κ3) is 11.0. The second kappa shape index (κ2) is 11.2. The van der Waals surface area contributed by atoms with Crippen molar-refractivity contribution in [3.05, 3.63) is 35.9 Å². The van der Waals surface area contributed by atoms with Crippen LogP contribution in [0, 0.1) is 0 Å². The summed E-state index contributed by atoms with van der Waals surface area (Å²) in [6.07, 6.45) is -1.79. The summed E-state index contributed by atoms with van der Waals surface area (Å²) in [4.78, 5) is 9.64. The summed E-state index contributed by atoms with van der Waals surface area (Å²) in [5.74, 6) is 0.0289. The van der Waals surface area contributed by atoms with Crippen molar-refractivity contribution < 1.29 is 25.5 Å². The van der Waals surface area contributed by atoms with Crippen molar-refractivity contribution in [3.63, 3.8) is 0 Å². The molecule has 0 saturated carbocycles. The smallest absolute Gasteiger partial charge is 0.212 e. The maximum Gasteiger partial charge on any atom is 0.212 e. The van der Waals surface area contributed by atoms with Crippen LogP contribution in [0.5, 0.6) is 0 Å². The molecule has 0 aliphatic carbocycles. The molecule has 1 aromatic carbocycles. The van der Waals surface area contributed by atoms with E-state index in [0.29, 0.717) is 5.92 Å². The molecule has 1 aromatic rings. The van der Waals surface area contributed by atoms with Crippen molar-refractivity contribution in [2.75, 3.05) is 0 Å². The Kier molecular flexibility index (Phi) is 12.0. The van der Waals surface area contributed by atoms with Crippen LogP contribution in [-0.4, -0.2) is 32.8 Å². The zero-order valence-electron chi connectivity index (χ0n) is 10.2. The van der Waals surface area contributed by atoms with Gasteiger partial charge in [-0.25, -0.2) is 0 Å². The number of rotatable bonds is 2. The summed E-state index contributed by atoms with van der Waals surface area (Å²) in [6.45, 7) is 5.51. The molecule has 17 heavy (non-hydrogen) atoms. The van der Waals surface area contributed by atoms with Crippen molar-refractivity contribution >= 4 is 5.78 Å². The Labute approximate surface area is 101 Å². The number of carbonyl (C=O) groups excluding carboxylic acids is 1. The van der Waals surface area contributed by atoms with Crippen LogP contribution in [0.3, 0.4) is 0 Å². The number of ketones is 1. The highest BCUT2D eigenvalue weighted by molar-refractivity contribution is 5.78. The number of aliphatic hydroxyl groups is 2. The van der Waals surface area contributed by atoms with E-state index in [0.717, 1.165) is 6.92 Å². The van der Waals surface area contributed by atoms with Crippen LogP contribution in [0.15, 0.2) is 30.3 Å². The second-order valence-corrected chi connectivity index (χ2v) is 3.55. The van der Waals surface area contributed by atoms with Gasteiger partial charge in [-0.15, -0.1) is 0 Å². The molecule has 0 aromatic heterocycles. The van der Waals surface area contributed by atoms with E-state index in [-0.39, 0.29) is 0 Å². The molecule has 0 bridgehead atoms. The van der Waals surface area contributed by atoms with Crippen molar-refractivity contribution in [1.29, 1.82) is 0 Å². The predicted octanol–water partition coefficient (Wildman–Crippen LogP) is 1.71. The second-order valence-electron chi connectivity index (χ2n) is 3.55. The average molecular weight is 244 g/mol. The zero-order valence-corrected chi connectivity index (χ0v) is 10.2. The lowest BCUT2D eigenvalue weighted by Crippen LogP contribution is -2.14. The Morgan fingerprint density at radius 1 is 1.06 bits per heavy atom. The van der Waals surface area contributed by atoms with Gasteiger partial charge >= 0.3 is 0 Å². The van der Waals surface area contributed by atoms with Gasteiger partial charge in [0.05, 0.1) is 0 Å². The number of benzene rings is 1. The Bertz CT molecular complexity index is 282. The minimum absolute atomic E-state index is 0.630. The number of hydrogen-bond acceptors (Lipinski definition) is 5. The van der Waals surface area contributed by atoms with Crippen molar-refractivity contribution in [3.8, 4) is 0 Å². The molecule has 0 unspecified atom stereocenters. The Hall–Kier alpha value is -1.27. The minimum Gasteiger partial charge on any atom is -0.362 e. The van der Waals surface area contributed by atoms with E-state index in [4.69, 9.17) is 20.7 Å². The van der Waals surface area contributed by atoms with Crippen LogP contribution in [0.1, 0.15) is 32.3 Å². The van der Waals surface area contributed by atoms with Crippen LogP contribution >= 0.6 is 0 Å². The van der Waals surface area contributed by atoms with Crippen LogP contribution in [0.2, 0.25) is 0 Å². The number of Topliss-reactive ketones (excluding diaryl/α,β-unsaturated/α-hetero) is 1. The molecule has 5 nitrogen and oxygen atoms in total. The van der Waals surface area contributed by atoms with Gasteiger partial charge in [0, 0.05) is 0 Å². The SMILES string of the molecule is CC(=O)C(O)O.CC(C)c1ccccc1.OO. The highest BCUT2D eigenvalue weighted by Crippen LogP contribution is 2.11. The van der Waals surface area contributed by atoms with Gasteiger partial charge in [-0.05, 0) is 18.4 Å². The zero-order chi connectivity index (χ0) is 13.8. The molecule has 0 radical (unpaired) electrons. The topological polar surface area (TPSA) is 98.0 Å². The summed E-state index contributed by atoms with van der Waals surface area (Å²) >= 11 is 0. The van der Waals surface area contributed by atoms with Crippen LogP contribution in [-0.2, 0) is 4.79 Å². The third-order valence-corrected chi connectivity index (χ3v) is 1.83. The van der Waals surface area contributed by atoms with Gasteiger partial charge in [-0.1, -0.05) is 44.2 Å². The molecule has 98 valence electrons. The number of aliphatic hydroxyl groups excluding tert-OH is 1. The molecule has 0 aliphatic rings. The third-order valence-electron chi connectivity index (χ3n) is 1.83. The average Bonchev–Trinajstić information content (AvgIpc) is 2.33. The maximum atomic E-state index is 9.64. The first-order valence-corrected chi connectivity index (χ1v) is 5.06. The van der Waals surface area contributed by atoms with E-state index in [1.54, 1.807) is 0 Å². The largest absolute Gasteiger partial charge is 0.362 e. The first-order chi connectivity index (χ1) is 7.95. The first-order valence-electron chi connectivity index (χ1n) is 5.06. The van der Waals surface area contributed by atoms with E-state index in [1.165, 1.54) is 5.56 Å². The molecule has 1 rings (SSSR count). The van der Waals surface area contributed by atoms with E-state index in [2.05, 4.69) is 38.1 Å². The molecule has 0 atom stereocenters. The van der Waals surface area contributed by atoms with Gasteiger partial charge in [-0.3, -0.25) is 15.3 Å². The molecule has 0 spiro atoms. The summed E-state index contributed by atoms with van der Waals surface area (Å²) < 4.78 is 0. The highest BCUT2D eigenvalue weighted by Gasteiger charge is 1.99. The molecule has 0 fully saturated rings. The molecule has 0 saturated heterocycles. The lowest BCUT2D eigenvalue weighted by Gasteiger charge is -2.01. The predicted molar refractivity (Wildman–Crippen MR) is 64.7 cm³/mol. The quantitative estimate of drug-likeness (QED) is 0.361. The Morgan fingerprint density at radius 2 is 1.41 bits per heavy atom. The lowest BCUT2D eigenvalue weighted by molar-refractivity contribution is -0.176. The van der Waals surface area contributed by atoms with E-state index >= 15 is 0 Å². The summed E-state index contributed by atoms with van der Waals surface area (Å²) in [7, 11) is 0. The highest BCUT2D eigenvalue weighted by atomic mass is 17.0. The van der Waals surface area contributed by atoms with E-state index in [9.17, 15) is 4.79 Å². The monoisotopic (exact) mass is 244 g/mol. The van der Waals surface area contributed by atoms with Crippen molar-refractivity contribution in [1.82, 2.24) is 0 Å². The van der Waals surface area contributed by atoms with Crippen LogP contribution in [0.25, 0.3) is 0 Å². The van der Waals surface area contributed by atoms with E-state index in [1.807, 2.05) is 6.07 Å². The van der Waals surface area contributed by atoms with Gasteiger partial charge in [0.2, 0.25) is 6.29 Å². The van der Waals surface area contributed by atoms with E-state index < -0.39 is 12.1 Å². The molecule has 4 N–H and O–H groups in total. The van der Waals surface area contributed by atoms with Crippen molar-refractivity contribution in [2.45, 2.75) is 33.0 Å². The summed E-state index contributed by atoms with van der Waals surface area (Å²) in [5, 5.41) is 27.7. The normalized spacial score (nSPS) is 9.00. The molecule has 5 heteroatoms. The van der Waals surface area contributed by atoms with Crippen LogP contribution < -0.4 is 0 Å². The fourth-order valence-electron chi connectivity index (χ4n) is 0.838.